The largest absolute Gasteiger partial charge is 0.395 e. The lowest BCUT2D eigenvalue weighted by Gasteiger charge is -2.27. The van der Waals surface area contributed by atoms with E-state index in [-0.39, 0.29) is 25.0 Å². The third-order valence-corrected chi connectivity index (χ3v) is 5.62. The second-order valence-corrected chi connectivity index (χ2v) is 7.93. The van der Waals surface area contributed by atoms with E-state index in [9.17, 15) is 9.59 Å². The molecule has 1 aromatic heterocycles. The number of rotatable bonds is 4. The van der Waals surface area contributed by atoms with Crippen LogP contribution >= 0.6 is 0 Å². The van der Waals surface area contributed by atoms with Gasteiger partial charge in [-0.05, 0) is 55.3 Å². The van der Waals surface area contributed by atoms with E-state index < -0.39 is 0 Å². The van der Waals surface area contributed by atoms with Gasteiger partial charge in [-0.1, -0.05) is 19.3 Å². The maximum Gasteiger partial charge on any atom is 0.258 e. The lowest BCUT2D eigenvalue weighted by Crippen LogP contribution is -2.34. The lowest BCUT2D eigenvalue weighted by molar-refractivity contribution is 0.0767. The summed E-state index contributed by atoms with van der Waals surface area (Å²) in [6, 6.07) is 8.99. The minimum atomic E-state index is -0.144. The molecule has 0 radical (unpaired) electrons. The van der Waals surface area contributed by atoms with E-state index in [1.807, 2.05) is 17.0 Å². The fourth-order valence-electron chi connectivity index (χ4n) is 3.85. The van der Waals surface area contributed by atoms with E-state index in [4.69, 9.17) is 5.11 Å². The molecule has 0 atom stereocenters. The van der Waals surface area contributed by atoms with Crippen LogP contribution in [-0.4, -0.2) is 60.1 Å². The highest BCUT2D eigenvalue weighted by atomic mass is 16.3. The number of carbonyl (C=O) groups excluding carboxylic acids is 2. The van der Waals surface area contributed by atoms with Crippen LogP contribution in [-0.2, 0) is 6.54 Å². The zero-order chi connectivity index (χ0) is 22.1. The molecule has 2 N–H and O–H groups in total. The summed E-state index contributed by atoms with van der Waals surface area (Å²) < 4.78 is 0. The topological polar surface area (TPSA) is 85.8 Å². The fraction of sp³-hybridized carbons (Fsp3) is 0.458. The molecule has 166 valence electrons. The number of likely N-dealkylation sites (N-methyl/N-ethyl adjacent to an activating group) is 1. The monoisotopic (exact) mass is 424 g/mol. The summed E-state index contributed by atoms with van der Waals surface area (Å²) >= 11 is 0. The van der Waals surface area contributed by atoms with E-state index in [0.29, 0.717) is 24.2 Å². The smallest absolute Gasteiger partial charge is 0.258 e. The number of anilines is 1. The molecule has 2 aromatic rings. The first-order chi connectivity index (χ1) is 15.1. The van der Waals surface area contributed by atoms with Crippen molar-refractivity contribution in [1.29, 1.82) is 0 Å². The predicted octanol–water partition coefficient (Wildman–Crippen LogP) is 2.85. The fourth-order valence-corrected chi connectivity index (χ4v) is 3.85. The molecule has 0 bridgehead atoms. The summed E-state index contributed by atoms with van der Waals surface area (Å²) in [6.45, 7) is 2.32. The third kappa shape index (κ3) is 6.12. The van der Waals surface area contributed by atoms with Crippen LogP contribution in [0, 0.1) is 0 Å². The molecule has 0 aliphatic carbocycles. The van der Waals surface area contributed by atoms with Crippen molar-refractivity contribution in [3.63, 3.8) is 0 Å². The summed E-state index contributed by atoms with van der Waals surface area (Å²) in [5.74, 6) is -0.202. The highest BCUT2D eigenvalue weighted by Gasteiger charge is 2.22. The minimum absolute atomic E-state index is 0.0582. The molecular formula is C24H32N4O3. The molecule has 1 aromatic carbocycles. The SMILES string of the molecule is CN(CCO)C(=O)c1ccc2c(c1)CNCCCCCCCN2C(=O)c1ccncc1. The van der Waals surface area contributed by atoms with Gasteiger partial charge < -0.3 is 20.2 Å². The number of nitrogens with one attached hydrogen (secondary N) is 1. The molecular weight excluding hydrogens is 392 g/mol. The molecule has 3 rings (SSSR count). The maximum absolute atomic E-state index is 13.4. The molecule has 0 saturated heterocycles. The van der Waals surface area contributed by atoms with Crippen LogP contribution in [0.1, 0.15) is 58.4 Å². The Kier molecular flexibility index (Phi) is 8.55. The van der Waals surface area contributed by atoms with Crippen molar-refractivity contribution in [3.8, 4) is 0 Å². The average Bonchev–Trinajstić information content (AvgIpc) is 2.79. The van der Waals surface area contributed by atoms with E-state index in [0.717, 1.165) is 43.5 Å². The average molecular weight is 425 g/mol. The Morgan fingerprint density at radius 3 is 2.58 bits per heavy atom. The number of hydrogen-bond acceptors (Lipinski definition) is 5. The van der Waals surface area contributed by atoms with Gasteiger partial charge >= 0.3 is 0 Å². The van der Waals surface area contributed by atoms with Crippen LogP contribution in [0.15, 0.2) is 42.7 Å². The summed E-state index contributed by atoms with van der Waals surface area (Å²) in [7, 11) is 1.68. The summed E-state index contributed by atoms with van der Waals surface area (Å²) in [5.41, 5.74) is 2.91. The first-order valence-corrected chi connectivity index (χ1v) is 11.0. The van der Waals surface area contributed by atoms with Crippen LogP contribution in [0.4, 0.5) is 5.69 Å². The van der Waals surface area contributed by atoms with Crippen molar-refractivity contribution in [2.24, 2.45) is 0 Å². The molecule has 0 unspecified atom stereocenters. The van der Waals surface area contributed by atoms with Crippen LogP contribution < -0.4 is 10.2 Å². The van der Waals surface area contributed by atoms with Gasteiger partial charge in [0, 0.05) is 55.9 Å². The van der Waals surface area contributed by atoms with Gasteiger partial charge in [-0.3, -0.25) is 14.6 Å². The van der Waals surface area contributed by atoms with Gasteiger partial charge in [0.2, 0.25) is 0 Å². The number of nitrogens with zero attached hydrogens (tertiary/aromatic N) is 3. The van der Waals surface area contributed by atoms with Crippen molar-refractivity contribution in [2.45, 2.75) is 38.6 Å². The number of benzene rings is 1. The number of aliphatic hydroxyl groups is 1. The number of fused-ring (bicyclic) bond motifs is 1. The van der Waals surface area contributed by atoms with E-state index in [1.54, 1.807) is 37.6 Å². The molecule has 7 heteroatoms. The molecule has 2 amide bonds. The molecule has 0 spiro atoms. The Hall–Kier alpha value is -2.77. The third-order valence-electron chi connectivity index (χ3n) is 5.62. The standard InChI is InChI=1S/C24H32N4O3/c1-27(15-16-29)23(30)20-7-8-22-21(17-20)18-26-11-5-3-2-4-6-14-28(22)24(31)19-9-12-25-13-10-19/h7-10,12-13,17,26,29H,2-6,11,14-16,18H2,1H3. The predicted molar refractivity (Wildman–Crippen MR) is 121 cm³/mol. The Morgan fingerprint density at radius 1 is 1.06 bits per heavy atom. The van der Waals surface area contributed by atoms with Gasteiger partial charge in [-0.15, -0.1) is 0 Å². The van der Waals surface area contributed by atoms with Crippen molar-refractivity contribution >= 4 is 17.5 Å². The highest BCUT2D eigenvalue weighted by molar-refractivity contribution is 6.06. The van der Waals surface area contributed by atoms with Crippen molar-refractivity contribution in [1.82, 2.24) is 15.2 Å². The number of aliphatic hydroxyl groups excluding tert-OH is 1. The molecule has 31 heavy (non-hydrogen) atoms. The Morgan fingerprint density at radius 2 is 1.81 bits per heavy atom. The zero-order valence-corrected chi connectivity index (χ0v) is 18.2. The molecule has 7 nitrogen and oxygen atoms in total. The Labute approximate surface area is 184 Å². The highest BCUT2D eigenvalue weighted by Crippen LogP contribution is 2.26. The van der Waals surface area contributed by atoms with E-state index in [2.05, 4.69) is 10.3 Å². The minimum Gasteiger partial charge on any atom is -0.395 e. The van der Waals surface area contributed by atoms with Crippen molar-refractivity contribution in [2.75, 3.05) is 38.2 Å². The quantitative estimate of drug-likeness (QED) is 0.788. The number of amides is 2. The molecule has 2 heterocycles. The number of hydrogen-bond donors (Lipinski definition) is 2. The molecule has 1 aliphatic heterocycles. The maximum atomic E-state index is 13.4. The van der Waals surface area contributed by atoms with Gasteiger partial charge in [-0.2, -0.15) is 0 Å². The summed E-state index contributed by atoms with van der Waals surface area (Å²) in [4.78, 5) is 33.5. The number of carbonyl (C=O) groups is 2. The van der Waals surface area contributed by atoms with Crippen LogP contribution in [0.25, 0.3) is 0 Å². The summed E-state index contributed by atoms with van der Waals surface area (Å²) in [5, 5.41) is 12.6. The summed E-state index contributed by atoms with van der Waals surface area (Å²) in [6.07, 6.45) is 8.73. The molecule has 1 aliphatic rings. The Bertz CT molecular complexity index is 872. The van der Waals surface area contributed by atoms with Gasteiger partial charge in [0.15, 0.2) is 0 Å². The zero-order valence-electron chi connectivity index (χ0n) is 18.2. The van der Waals surface area contributed by atoms with Crippen LogP contribution in [0.2, 0.25) is 0 Å². The lowest BCUT2D eigenvalue weighted by atomic mass is 10.0. The molecule has 0 fully saturated rings. The second kappa shape index (κ2) is 11.6. The van der Waals surface area contributed by atoms with E-state index in [1.165, 1.54) is 11.3 Å². The number of aromatic nitrogens is 1. The van der Waals surface area contributed by atoms with Crippen molar-refractivity contribution in [3.05, 3.63) is 59.4 Å². The first kappa shape index (κ1) is 22.9. The van der Waals surface area contributed by atoms with Crippen molar-refractivity contribution < 1.29 is 14.7 Å². The van der Waals surface area contributed by atoms with E-state index >= 15 is 0 Å². The van der Waals surface area contributed by atoms with Gasteiger partial charge in [0.25, 0.3) is 11.8 Å². The second-order valence-electron chi connectivity index (χ2n) is 7.93. The van der Waals surface area contributed by atoms with Gasteiger partial charge in [0.05, 0.1) is 6.61 Å². The van der Waals surface area contributed by atoms with Gasteiger partial charge in [0.1, 0.15) is 0 Å². The molecule has 0 saturated carbocycles. The normalized spacial score (nSPS) is 15.4. The first-order valence-electron chi connectivity index (χ1n) is 11.0. The van der Waals surface area contributed by atoms with Gasteiger partial charge in [-0.25, -0.2) is 0 Å². The van der Waals surface area contributed by atoms with Crippen LogP contribution in [0.5, 0.6) is 0 Å². The number of pyridine rings is 1. The van der Waals surface area contributed by atoms with Crippen LogP contribution in [0.3, 0.4) is 0 Å². The Balaban J connectivity index is 1.97.